The first-order valence-electron chi connectivity index (χ1n) is 5.80. The molecule has 1 N–H and O–H groups in total. The summed E-state index contributed by atoms with van der Waals surface area (Å²) in [6, 6.07) is 9.20. The summed E-state index contributed by atoms with van der Waals surface area (Å²) < 4.78 is 26.4. The second-order valence-electron chi connectivity index (χ2n) is 3.98. The number of aromatic nitrogens is 1. The van der Waals surface area contributed by atoms with Gasteiger partial charge >= 0.3 is 0 Å². The molecule has 108 valence electrons. The summed E-state index contributed by atoms with van der Waals surface area (Å²) >= 11 is 6.59. The average Bonchev–Trinajstić information content (AvgIpc) is 2.87. The Kier molecular flexibility index (Phi) is 5.11. The molecule has 1 aromatic carbocycles. The van der Waals surface area contributed by atoms with Crippen LogP contribution in [0.1, 0.15) is 5.56 Å². The Balaban J connectivity index is 2.28. The zero-order valence-electron chi connectivity index (χ0n) is 10.4. The Labute approximate surface area is 126 Å². The van der Waals surface area contributed by atoms with Gasteiger partial charge in [0.25, 0.3) is 10.0 Å². The SMILES string of the molecule is O=S(=O)(c1cnc(Cl)s1)N(CCO)Cc1ccccc1. The van der Waals surface area contributed by atoms with Crippen LogP contribution >= 0.6 is 22.9 Å². The minimum atomic E-state index is -3.70. The summed E-state index contributed by atoms with van der Waals surface area (Å²) in [5.74, 6) is 0. The monoisotopic (exact) mass is 332 g/mol. The Morgan fingerprint density at radius 2 is 2.00 bits per heavy atom. The van der Waals surface area contributed by atoms with Crippen LogP contribution in [0.3, 0.4) is 0 Å². The van der Waals surface area contributed by atoms with E-state index in [0.29, 0.717) is 0 Å². The van der Waals surface area contributed by atoms with Crippen molar-refractivity contribution in [1.82, 2.24) is 9.29 Å². The van der Waals surface area contributed by atoms with E-state index in [2.05, 4.69) is 4.98 Å². The van der Waals surface area contributed by atoms with Crippen LogP contribution < -0.4 is 0 Å². The minimum absolute atomic E-state index is 0.0206. The smallest absolute Gasteiger partial charge is 0.254 e. The van der Waals surface area contributed by atoms with Crippen molar-refractivity contribution in [2.75, 3.05) is 13.2 Å². The lowest BCUT2D eigenvalue weighted by Gasteiger charge is -2.20. The number of aliphatic hydroxyl groups is 1. The van der Waals surface area contributed by atoms with Crippen molar-refractivity contribution < 1.29 is 13.5 Å². The van der Waals surface area contributed by atoms with Crippen LogP contribution in [0.4, 0.5) is 0 Å². The third kappa shape index (κ3) is 3.56. The number of sulfonamides is 1. The molecule has 0 radical (unpaired) electrons. The Morgan fingerprint density at radius 3 is 2.55 bits per heavy atom. The quantitative estimate of drug-likeness (QED) is 0.878. The normalized spacial score (nSPS) is 11.9. The molecule has 1 aromatic heterocycles. The van der Waals surface area contributed by atoms with Crippen molar-refractivity contribution in [3.8, 4) is 0 Å². The molecule has 2 aromatic rings. The van der Waals surface area contributed by atoms with Gasteiger partial charge in [0, 0.05) is 13.1 Å². The fourth-order valence-corrected chi connectivity index (χ4v) is 4.54. The van der Waals surface area contributed by atoms with Crippen molar-refractivity contribution in [2.24, 2.45) is 0 Å². The highest BCUT2D eigenvalue weighted by Gasteiger charge is 2.26. The third-order valence-electron chi connectivity index (χ3n) is 2.60. The van der Waals surface area contributed by atoms with Gasteiger partial charge in [-0.2, -0.15) is 4.31 Å². The fourth-order valence-electron chi connectivity index (χ4n) is 1.67. The van der Waals surface area contributed by atoms with Crippen molar-refractivity contribution in [1.29, 1.82) is 0 Å². The Morgan fingerprint density at radius 1 is 1.30 bits per heavy atom. The summed E-state index contributed by atoms with van der Waals surface area (Å²) in [6.45, 7) is -0.0371. The van der Waals surface area contributed by atoms with Gasteiger partial charge in [-0.05, 0) is 5.56 Å². The van der Waals surface area contributed by atoms with Crippen molar-refractivity contribution >= 4 is 33.0 Å². The lowest BCUT2D eigenvalue weighted by atomic mass is 10.2. The number of nitrogens with zero attached hydrogens (tertiary/aromatic N) is 2. The second-order valence-corrected chi connectivity index (χ2v) is 7.76. The molecule has 0 unspecified atom stereocenters. The maximum Gasteiger partial charge on any atom is 0.254 e. The summed E-state index contributed by atoms with van der Waals surface area (Å²) in [6.07, 6.45) is 1.23. The van der Waals surface area contributed by atoms with Gasteiger partial charge in [-0.1, -0.05) is 53.3 Å². The van der Waals surface area contributed by atoms with E-state index in [1.54, 1.807) is 0 Å². The van der Waals surface area contributed by atoms with Gasteiger partial charge in [-0.15, -0.1) is 0 Å². The fraction of sp³-hybridized carbons (Fsp3) is 0.250. The zero-order valence-corrected chi connectivity index (χ0v) is 12.8. The summed E-state index contributed by atoms with van der Waals surface area (Å²) in [7, 11) is -3.70. The summed E-state index contributed by atoms with van der Waals surface area (Å²) in [5.41, 5.74) is 0.847. The van der Waals surface area contributed by atoms with E-state index in [9.17, 15) is 8.42 Å². The molecule has 5 nitrogen and oxygen atoms in total. The first-order chi connectivity index (χ1) is 9.54. The number of hydrogen-bond donors (Lipinski definition) is 1. The van der Waals surface area contributed by atoms with E-state index >= 15 is 0 Å². The molecule has 0 aliphatic carbocycles. The Hall–Kier alpha value is -0.990. The first kappa shape index (κ1) is 15.4. The molecule has 0 aliphatic heterocycles. The molecule has 0 spiro atoms. The predicted molar refractivity (Wildman–Crippen MR) is 78.2 cm³/mol. The van der Waals surface area contributed by atoms with Crippen LogP contribution in [-0.4, -0.2) is 36.0 Å². The van der Waals surface area contributed by atoms with Crippen molar-refractivity contribution in [2.45, 2.75) is 10.8 Å². The molecule has 1 heterocycles. The van der Waals surface area contributed by atoms with Gasteiger partial charge in [0.1, 0.15) is 0 Å². The molecular weight excluding hydrogens is 320 g/mol. The van der Waals surface area contributed by atoms with E-state index in [4.69, 9.17) is 16.7 Å². The van der Waals surface area contributed by atoms with Gasteiger partial charge in [0.05, 0.1) is 12.8 Å². The standard InChI is InChI=1S/C12H13ClN2O3S2/c13-12-14-8-11(19-12)20(17,18)15(6-7-16)9-10-4-2-1-3-5-10/h1-5,8,16H,6-7,9H2. The van der Waals surface area contributed by atoms with Crippen molar-refractivity contribution in [3.63, 3.8) is 0 Å². The molecule has 8 heteroatoms. The first-order valence-corrected chi connectivity index (χ1v) is 8.44. The number of aliphatic hydroxyl groups excluding tert-OH is 1. The highest BCUT2D eigenvalue weighted by Crippen LogP contribution is 2.26. The number of halogens is 1. The van der Waals surface area contributed by atoms with Crippen LogP contribution in [0.2, 0.25) is 4.47 Å². The van der Waals surface area contributed by atoms with Crippen LogP contribution in [0.5, 0.6) is 0 Å². The molecule has 20 heavy (non-hydrogen) atoms. The van der Waals surface area contributed by atoms with Crippen molar-refractivity contribution in [3.05, 3.63) is 46.6 Å². The van der Waals surface area contributed by atoms with E-state index in [1.165, 1.54) is 10.5 Å². The summed E-state index contributed by atoms with van der Waals surface area (Å²) in [5, 5.41) is 9.09. The Bertz CT molecular complexity index is 658. The van der Waals surface area contributed by atoms with E-state index in [1.807, 2.05) is 30.3 Å². The minimum Gasteiger partial charge on any atom is -0.395 e. The van der Waals surface area contributed by atoms with E-state index in [0.717, 1.165) is 16.9 Å². The highest BCUT2D eigenvalue weighted by molar-refractivity contribution is 7.91. The van der Waals surface area contributed by atoms with E-state index < -0.39 is 10.0 Å². The molecule has 0 saturated heterocycles. The molecular formula is C12H13ClN2O3S2. The topological polar surface area (TPSA) is 70.5 Å². The van der Waals surface area contributed by atoms with Crippen LogP contribution in [0.25, 0.3) is 0 Å². The average molecular weight is 333 g/mol. The molecule has 0 amide bonds. The largest absolute Gasteiger partial charge is 0.395 e. The molecule has 0 bridgehead atoms. The van der Waals surface area contributed by atoms with Gasteiger partial charge < -0.3 is 5.11 Å². The zero-order chi connectivity index (χ0) is 14.6. The van der Waals surface area contributed by atoms with Gasteiger partial charge in [-0.25, -0.2) is 13.4 Å². The number of hydrogen-bond acceptors (Lipinski definition) is 5. The van der Waals surface area contributed by atoms with Gasteiger partial charge in [-0.3, -0.25) is 0 Å². The maximum atomic E-state index is 12.5. The maximum absolute atomic E-state index is 12.5. The van der Waals surface area contributed by atoms with Crippen LogP contribution in [0, 0.1) is 0 Å². The predicted octanol–water partition coefficient (Wildman–Crippen LogP) is 1.98. The molecule has 0 atom stereocenters. The molecule has 0 aliphatic rings. The van der Waals surface area contributed by atoms with Gasteiger partial charge in [0.2, 0.25) is 0 Å². The second kappa shape index (κ2) is 6.64. The molecule has 2 rings (SSSR count). The number of thiazole rings is 1. The lowest BCUT2D eigenvalue weighted by molar-refractivity contribution is 0.251. The third-order valence-corrected chi connectivity index (χ3v) is 6.00. The van der Waals surface area contributed by atoms with Crippen LogP contribution in [-0.2, 0) is 16.6 Å². The van der Waals surface area contributed by atoms with Gasteiger partial charge in [0.15, 0.2) is 8.68 Å². The van der Waals surface area contributed by atoms with E-state index in [-0.39, 0.29) is 28.4 Å². The lowest BCUT2D eigenvalue weighted by Crippen LogP contribution is -2.32. The number of benzene rings is 1. The number of rotatable bonds is 6. The highest BCUT2D eigenvalue weighted by atomic mass is 35.5. The summed E-state index contributed by atoms with van der Waals surface area (Å²) in [4.78, 5) is 3.75. The molecule has 0 saturated carbocycles. The molecule has 0 fully saturated rings. The van der Waals surface area contributed by atoms with Crippen LogP contribution in [0.15, 0.2) is 40.7 Å².